The van der Waals surface area contributed by atoms with E-state index < -0.39 is 5.97 Å². The summed E-state index contributed by atoms with van der Waals surface area (Å²) in [5.74, 6) is -0.700. The van der Waals surface area contributed by atoms with Gasteiger partial charge in [-0.1, -0.05) is 6.92 Å². The zero-order valence-corrected chi connectivity index (χ0v) is 10.5. The Balaban J connectivity index is 0.00000169. The highest BCUT2D eigenvalue weighted by Crippen LogP contribution is 2.19. The summed E-state index contributed by atoms with van der Waals surface area (Å²) in [5, 5.41) is 12.8. The Labute approximate surface area is 101 Å². The van der Waals surface area contributed by atoms with Crippen LogP contribution < -0.4 is 5.73 Å². The molecule has 0 aliphatic rings. The van der Waals surface area contributed by atoms with E-state index in [1.54, 1.807) is 0 Å². The number of hydrogen-bond donors (Lipinski definition) is 2. The Bertz CT molecular complexity index is 340. The molecule has 80 valence electrons. The van der Waals surface area contributed by atoms with E-state index in [9.17, 15) is 4.79 Å². The highest BCUT2D eigenvalue weighted by Gasteiger charge is 2.18. The number of carboxylic acid groups (broad SMARTS) is 1. The second-order valence-corrected chi connectivity index (χ2v) is 3.65. The third-order valence-electron chi connectivity index (χ3n) is 1.56. The number of anilines is 1. The fourth-order valence-electron chi connectivity index (χ4n) is 1.04. The molecule has 0 amide bonds. The molecule has 5 nitrogen and oxygen atoms in total. The van der Waals surface area contributed by atoms with Crippen molar-refractivity contribution < 1.29 is 9.90 Å². The van der Waals surface area contributed by atoms with Gasteiger partial charge < -0.3 is 10.8 Å². The van der Waals surface area contributed by atoms with Crippen LogP contribution in [0.2, 0.25) is 0 Å². The van der Waals surface area contributed by atoms with E-state index in [-0.39, 0.29) is 23.9 Å². The summed E-state index contributed by atoms with van der Waals surface area (Å²) in [4.78, 5) is 10.8. The third-order valence-corrected chi connectivity index (χ3v) is 2.62. The number of aromatic carboxylic acids is 1. The van der Waals surface area contributed by atoms with Crippen molar-refractivity contribution >= 4 is 46.8 Å². The molecule has 0 unspecified atom stereocenters. The van der Waals surface area contributed by atoms with Crippen molar-refractivity contribution in [3.8, 4) is 0 Å². The monoisotopic (exact) mass is 331 g/mol. The molecular weight excluding hydrogens is 320 g/mol. The van der Waals surface area contributed by atoms with Gasteiger partial charge in [0.1, 0.15) is 0 Å². The van der Waals surface area contributed by atoms with Crippen LogP contribution >= 0.6 is 35.0 Å². The number of rotatable bonds is 3. The van der Waals surface area contributed by atoms with E-state index in [4.69, 9.17) is 10.8 Å². The van der Waals surface area contributed by atoms with Crippen molar-refractivity contribution in [3.05, 3.63) is 9.26 Å². The standard InChI is InChI=1S/C7H10IN3O2.ClH/c1-2-3-11-5(7(12)13)4(8)6(9)10-11;/h2-3H2,1H3,(H2,9,10)(H,12,13);1H. The number of carbonyl (C=O) groups is 1. The Hall–Kier alpha value is -0.500. The predicted molar refractivity (Wildman–Crippen MR) is 63.9 cm³/mol. The average Bonchev–Trinajstić information content (AvgIpc) is 2.28. The van der Waals surface area contributed by atoms with Crippen LogP contribution in [0.3, 0.4) is 0 Å². The molecule has 1 aromatic rings. The summed E-state index contributed by atoms with van der Waals surface area (Å²) < 4.78 is 1.94. The molecule has 0 aromatic carbocycles. The molecule has 14 heavy (non-hydrogen) atoms. The first-order chi connectivity index (χ1) is 6.07. The molecule has 0 saturated heterocycles. The van der Waals surface area contributed by atoms with E-state index in [1.165, 1.54) is 4.68 Å². The number of nitrogens with zero attached hydrogens (tertiary/aromatic N) is 2. The Morgan fingerprint density at radius 3 is 2.71 bits per heavy atom. The highest BCUT2D eigenvalue weighted by atomic mass is 127. The molecule has 0 aliphatic heterocycles. The number of halogens is 2. The van der Waals surface area contributed by atoms with Crippen LogP contribution in [0, 0.1) is 3.57 Å². The van der Waals surface area contributed by atoms with Crippen molar-refractivity contribution in [2.45, 2.75) is 19.9 Å². The molecule has 0 bridgehead atoms. The molecule has 0 fully saturated rings. The molecule has 0 saturated carbocycles. The van der Waals surface area contributed by atoms with Crippen molar-refractivity contribution in [3.63, 3.8) is 0 Å². The fourth-order valence-corrected chi connectivity index (χ4v) is 1.65. The first kappa shape index (κ1) is 13.5. The van der Waals surface area contributed by atoms with Gasteiger partial charge in [0.05, 0.1) is 3.57 Å². The van der Waals surface area contributed by atoms with Gasteiger partial charge in [0.15, 0.2) is 11.5 Å². The van der Waals surface area contributed by atoms with E-state index >= 15 is 0 Å². The number of hydrogen-bond acceptors (Lipinski definition) is 3. The van der Waals surface area contributed by atoms with Gasteiger partial charge >= 0.3 is 5.97 Å². The zero-order valence-electron chi connectivity index (χ0n) is 7.53. The van der Waals surface area contributed by atoms with Crippen LogP contribution in [-0.4, -0.2) is 20.9 Å². The zero-order chi connectivity index (χ0) is 10.0. The van der Waals surface area contributed by atoms with Gasteiger partial charge in [-0.05, 0) is 29.0 Å². The first-order valence-electron chi connectivity index (χ1n) is 3.83. The minimum atomic E-state index is -0.984. The molecule has 1 aromatic heterocycles. The van der Waals surface area contributed by atoms with Crippen LogP contribution in [-0.2, 0) is 6.54 Å². The lowest BCUT2D eigenvalue weighted by molar-refractivity contribution is 0.0682. The molecule has 1 heterocycles. The minimum absolute atomic E-state index is 0. The molecule has 0 aliphatic carbocycles. The van der Waals surface area contributed by atoms with Gasteiger partial charge in [0.2, 0.25) is 0 Å². The van der Waals surface area contributed by atoms with Crippen molar-refractivity contribution in [2.24, 2.45) is 0 Å². The Kier molecular flexibility index (Phi) is 5.21. The Morgan fingerprint density at radius 1 is 1.71 bits per heavy atom. The maximum atomic E-state index is 10.8. The summed E-state index contributed by atoms with van der Waals surface area (Å²) in [7, 11) is 0. The average molecular weight is 332 g/mol. The molecule has 3 N–H and O–H groups in total. The van der Waals surface area contributed by atoms with Crippen molar-refractivity contribution in [2.75, 3.05) is 5.73 Å². The maximum absolute atomic E-state index is 10.8. The third kappa shape index (κ3) is 2.50. The maximum Gasteiger partial charge on any atom is 0.355 e. The molecule has 0 spiro atoms. The summed E-state index contributed by atoms with van der Waals surface area (Å²) >= 11 is 1.89. The number of carboxylic acids is 1. The van der Waals surface area contributed by atoms with Gasteiger partial charge in [-0.25, -0.2) is 4.79 Å². The summed E-state index contributed by atoms with van der Waals surface area (Å²) in [5.41, 5.74) is 5.69. The number of nitrogens with two attached hydrogens (primary N) is 1. The summed E-state index contributed by atoms with van der Waals surface area (Å²) in [6.45, 7) is 2.53. The first-order valence-corrected chi connectivity index (χ1v) is 4.90. The molecular formula is C7H11ClIN3O2. The topological polar surface area (TPSA) is 81.1 Å². The number of aryl methyl sites for hydroxylation is 1. The lowest BCUT2D eigenvalue weighted by Crippen LogP contribution is -2.10. The van der Waals surface area contributed by atoms with Crippen molar-refractivity contribution in [1.82, 2.24) is 9.78 Å². The molecule has 7 heteroatoms. The molecule has 0 atom stereocenters. The SMILES string of the molecule is CCCn1nc(N)c(I)c1C(=O)O.Cl. The van der Waals surface area contributed by atoms with Crippen molar-refractivity contribution in [1.29, 1.82) is 0 Å². The minimum Gasteiger partial charge on any atom is -0.476 e. The van der Waals surface area contributed by atoms with Crippen LogP contribution in [0.4, 0.5) is 5.82 Å². The van der Waals surface area contributed by atoms with Gasteiger partial charge in [-0.3, -0.25) is 4.68 Å². The Morgan fingerprint density at radius 2 is 2.29 bits per heavy atom. The lowest BCUT2D eigenvalue weighted by Gasteiger charge is -2.00. The lowest BCUT2D eigenvalue weighted by atomic mass is 10.4. The summed E-state index contributed by atoms with van der Waals surface area (Å²) in [6.07, 6.45) is 0.831. The second-order valence-electron chi connectivity index (χ2n) is 2.58. The highest BCUT2D eigenvalue weighted by molar-refractivity contribution is 14.1. The predicted octanol–water partition coefficient (Wildman–Crippen LogP) is 1.60. The summed E-state index contributed by atoms with van der Waals surface area (Å²) in [6, 6.07) is 0. The number of aromatic nitrogens is 2. The van der Waals surface area contributed by atoms with E-state index in [0.717, 1.165) is 6.42 Å². The van der Waals surface area contributed by atoms with Gasteiger partial charge in [-0.2, -0.15) is 5.10 Å². The van der Waals surface area contributed by atoms with Gasteiger partial charge in [-0.15, -0.1) is 12.4 Å². The van der Waals surface area contributed by atoms with Gasteiger partial charge in [0, 0.05) is 6.54 Å². The van der Waals surface area contributed by atoms with Crippen LogP contribution in [0.5, 0.6) is 0 Å². The quantitative estimate of drug-likeness (QED) is 0.824. The molecule has 0 radical (unpaired) electrons. The smallest absolute Gasteiger partial charge is 0.355 e. The van der Waals surface area contributed by atoms with Gasteiger partial charge in [0.25, 0.3) is 0 Å². The second kappa shape index (κ2) is 5.40. The van der Waals surface area contributed by atoms with E-state index in [0.29, 0.717) is 10.1 Å². The normalized spacial score (nSPS) is 9.57. The number of nitrogen functional groups attached to an aromatic ring is 1. The van der Waals surface area contributed by atoms with Crippen LogP contribution in [0.1, 0.15) is 23.8 Å². The fraction of sp³-hybridized carbons (Fsp3) is 0.429. The van der Waals surface area contributed by atoms with Crippen LogP contribution in [0.25, 0.3) is 0 Å². The van der Waals surface area contributed by atoms with E-state index in [2.05, 4.69) is 5.10 Å². The van der Waals surface area contributed by atoms with E-state index in [1.807, 2.05) is 29.5 Å². The largest absolute Gasteiger partial charge is 0.476 e. The van der Waals surface area contributed by atoms with Crippen LogP contribution in [0.15, 0.2) is 0 Å². The molecule has 1 rings (SSSR count).